The molecule has 0 aliphatic rings. The van der Waals surface area contributed by atoms with E-state index in [-0.39, 0.29) is 0 Å². The Hall–Kier alpha value is -1.29. The first-order valence-electron chi connectivity index (χ1n) is 3.98. The number of aromatic nitrogens is 1. The third-order valence-electron chi connectivity index (χ3n) is 1.91. The number of halogens is 1. The van der Waals surface area contributed by atoms with Gasteiger partial charge >= 0.3 is 5.97 Å². The predicted octanol–water partition coefficient (Wildman–Crippen LogP) is 1.93. The maximum absolute atomic E-state index is 10.7. The molecule has 0 aliphatic heterocycles. The van der Waals surface area contributed by atoms with Crippen LogP contribution in [0, 0.1) is 0 Å². The van der Waals surface area contributed by atoms with Crippen molar-refractivity contribution in [3.63, 3.8) is 0 Å². The van der Waals surface area contributed by atoms with Gasteiger partial charge in [0.2, 0.25) is 5.88 Å². The van der Waals surface area contributed by atoms with Gasteiger partial charge in [-0.25, -0.2) is 4.98 Å². The summed E-state index contributed by atoms with van der Waals surface area (Å²) >= 11 is 5.81. The van der Waals surface area contributed by atoms with E-state index in [9.17, 15) is 4.79 Å². The van der Waals surface area contributed by atoms with Gasteiger partial charge < -0.3 is 9.84 Å². The van der Waals surface area contributed by atoms with E-state index in [0.717, 1.165) is 0 Å². The van der Waals surface area contributed by atoms with Gasteiger partial charge in [0.25, 0.3) is 0 Å². The Morgan fingerprint density at radius 1 is 1.71 bits per heavy atom. The molecular formula is C9H10ClNO3. The normalized spacial score (nSPS) is 12.2. The van der Waals surface area contributed by atoms with Crippen molar-refractivity contribution in [2.24, 2.45) is 0 Å². The first kappa shape index (κ1) is 10.8. The number of carboxylic acid groups (broad SMARTS) is 1. The largest absolute Gasteiger partial charge is 0.481 e. The van der Waals surface area contributed by atoms with E-state index in [4.69, 9.17) is 21.4 Å². The molecule has 4 nitrogen and oxygen atoms in total. The standard InChI is InChI=1S/C9H10ClNO3/c1-5(9(12)13)6-3-8(14-2)11-4-7(6)10/h3-5H,1-2H3,(H,12,13)/t5-/m1/s1. The first-order chi connectivity index (χ1) is 6.56. The molecule has 76 valence electrons. The number of hydrogen-bond acceptors (Lipinski definition) is 3. The zero-order valence-electron chi connectivity index (χ0n) is 7.82. The Balaban J connectivity index is 3.11. The maximum Gasteiger partial charge on any atom is 0.310 e. The van der Waals surface area contributed by atoms with Gasteiger partial charge in [-0.1, -0.05) is 11.6 Å². The predicted molar refractivity (Wildman–Crippen MR) is 51.8 cm³/mol. The molecule has 0 saturated heterocycles. The number of rotatable bonds is 3. The van der Waals surface area contributed by atoms with Crippen molar-refractivity contribution >= 4 is 17.6 Å². The van der Waals surface area contributed by atoms with Gasteiger partial charge in [0.1, 0.15) is 0 Å². The summed E-state index contributed by atoms with van der Waals surface area (Å²) in [5.74, 6) is -1.24. The van der Waals surface area contributed by atoms with Gasteiger partial charge in [-0.3, -0.25) is 4.79 Å². The monoisotopic (exact) mass is 215 g/mol. The van der Waals surface area contributed by atoms with E-state index < -0.39 is 11.9 Å². The number of carbonyl (C=O) groups is 1. The number of ether oxygens (including phenoxy) is 1. The Kier molecular flexibility index (Phi) is 3.30. The van der Waals surface area contributed by atoms with Crippen molar-refractivity contribution in [1.29, 1.82) is 0 Å². The van der Waals surface area contributed by atoms with Crippen LogP contribution in [0.3, 0.4) is 0 Å². The fraction of sp³-hybridized carbons (Fsp3) is 0.333. The highest BCUT2D eigenvalue weighted by molar-refractivity contribution is 6.31. The molecule has 1 aromatic heterocycles. The molecule has 1 aromatic rings. The third kappa shape index (κ3) is 2.14. The van der Waals surface area contributed by atoms with Gasteiger partial charge in [-0.2, -0.15) is 0 Å². The van der Waals surface area contributed by atoms with Crippen molar-refractivity contribution in [1.82, 2.24) is 4.98 Å². The summed E-state index contributed by atoms with van der Waals surface area (Å²) in [7, 11) is 1.46. The Morgan fingerprint density at radius 2 is 2.36 bits per heavy atom. The van der Waals surface area contributed by atoms with Gasteiger partial charge in [0.05, 0.1) is 18.1 Å². The fourth-order valence-electron chi connectivity index (χ4n) is 1.01. The molecule has 0 bridgehead atoms. The minimum Gasteiger partial charge on any atom is -0.481 e. The van der Waals surface area contributed by atoms with Crippen LogP contribution in [0.2, 0.25) is 5.02 Å². The summed E-state index contributed by atoms with van der Waals surface area (Å²) in [6, 6.07) is 1.53. The lowest BCUT2D eigenvalue weighted by Gasteiger charge is -2.09. The Labute approximate surface area is 86.5 Å². The summed E-state index contributed by atoms with van der Waals surface area (Å²) in [5, 5.41) is 9.14. The lowest BCUT2D eigenvalue weighted by Crippen LogP contribution is -2.08. The Morgan fingerprint density at radius 3 is 2.86 bits per heavy atom. The van der Waals surface area contributed by atoms with Gasteiger partial charge in [-0.15, -0.1) is 0 Å². The minimum atomic E-state index is -0.930. The molecule has 0 saturated carbocycles. The van der Waals surface area contributed by atoms with Crippen molar-refractivity contribution in [2.45, 2.75) is 12.8 Å². The average molecular weight is 216 g/mol. The van der Waals surface area contributed by atoms with E-state index in [0.29, 0.717) is 16.5 Å². The number of pyridine rings is 1. The van der Waals surface area contributed by atoms with Crippen molar-refractivity contribution < 1.29 is 14.6 Å². The summed E-state index contributed by atoms with van der Waals surface area (Å²) < 4.78 is 4.88. The Bertz CT molecular complexity index is 354. The van der Waals surface area contributed by atoms with Gasteiger partial charge in [0.15, 0.2) is 0 Å². The first-order valence-corrected chi connectivity index (χ1v) is 4.36. The summed E-state index contributed by atoms with van der Waals surface area (Å²) in [5.41, 5.74) is 0.506. The molecule has 14 heavy (non-hydrogen) atoms. The molecule has 1 rings (SSSR count). The second-order valence-electron chi connectivity index (χ2n) is 2.81. The second-order valence-corrected chi connectivity index (χ2v) is 3.22. The second kappa shape index (κ2) is 4.28. The van der Waals surface area contributed by atoms with Gasteiger partial charge in [-0.05, 0) is 12.5 Å². The smallest absolute Gasteiger partial charge is 0.310 e. The van der Waals surface area contributed by atoms with Crippen LogP contribution in [0.25, 0.3) is 0 Å². The summed E-state index contributed by atoms with van der Waals surface area (Å²) in [6.07, 6.45) is 1.38. The van der Waals surface area contributed by atoms with E-state index in [1.54, 1.807) is 6.92 Å². The van der Waals surface area contributed by atoms with E-state index in [1.165, 1.54) is 19.4 Å². The van der Waals surface area contributed by atoms with Gasteiger partial charge in [0, 0.05) is 12.3 Å². The zero-order chi connectivity index (χ0) is 10.7. The molecule has 5 heteroatoms. The average Bonchev–Trinajstić information content (AvgIpc) is 2.17. The van der Waals surface area contributed by atoms with Crippen LogP contribution in [0.4, 0.5) is 0 Å². The SMILES string of the molecule is COc1cc([C@@H](C)C(=O)O)c(Cl)cn1. The highest BCUT2D eigenvalue weighted by Crippen LogP contribution is 2.26. The van der Waals surface area contributed by atoms with Crippen LogP contribution in [0.5, 0.6) is 5.88 Å². The molecule has 1 atom stereocenters. The number of nitrogens with zero attached hydrogens (tertiary/aromatic N) is 1. The molecule has 0 radical (unpaired) electrons. The minimum absolute atomic E-state index is 0.334. The zero-order valence-corrected chi connectivity index (χ0v) is 8.58. The number of hydrogen-bond donors (Lipinski definition) is 1. The fourth-order valence-corrected chi connectivity index (χ4v) is 1.28. The van der Waals surface area contributed by atoms with E-state index in [2.05, 4.69) is 4.98 Å². The topological polar surface area (TPSA) is 59.4 Å². The van der Waals surface area contributed by atoms with Crippen molar-refractivity contribution in [2.75, 3.05) is 7.11 Å². The number of aliphatic carboxylic acids is 1. The van der Waals surface area contributed by atoms with Crippen LogP contribution in [0.1, 0.15) is 18.4 Å². The summed E-state index contributed by atoms with van der Waals surface area (Å²) in [6.45, 7) is 1.56. The van der Waals surface area contributed by atoms with Crippen molar-refractivity contribution in [3.05, 3.63) is 22.8 Å². The molecule has 0 fully saturated rings. The van der Waals surface area contributed by atoms with Crippen LogP contribution in [-0.4, -0.2) is 23.2 Å². The lowest BCUT2D eigenvalue weighted by atomic mass is 10.0. The van der Waals surface area contributed by atoms with E-state index in [1.807, 2.05) is 0 Å². The molecule has 1 heterocycles. The van der Waals surface area contributed by atoms with Crippen LogP contribution in [-0.2, 0) is 4.79 Å². The molecule has 0 aromatic carbocycles. The molecule has 1 N–H and O–H groups in total. The van der Waals surface area contributed by atoms with Crippen LogP contribution >= 0.6 is 11.6 Å². The van der Waals surface area contributed by atoms with E-state index >= 15 is 0 Å². The molecule has 0 unspecified atom stereocenters. The highest BCUT2D eigenvalue weighted by Gasteiger charge is 2.17. The number of methoxy groups -OCH3 is 1. The highest BCUT2D eigenvalue weighted by atomic mass is 35.5. The lowest BCUT2D eigenvalue weighted by molar-refractivity contribution is -0.138. The van der Waals surface area contributed by atoms with Crippen LogP contribution in [0.15, 0.2) is 12.3 Å². The maximum atomic E-state index is 10.7. The molecule has 0 amide bonds. The van der Waals surface area contributed by atoms with Crippen molar-refractivity contribution in [3.8, 4) is 5.88 Å². The van der Waals surface area contributed by atoms with Crippen LogP contribution < -0.4 is 4.74 Å². The molecular weight excluding hydrogens is 206 g/mol. The molecule has 0 aliphatic carbocycles. The molecule has 0 spiro atoms. The quantitative estimate of drug-likeness (QED) is 0.837. The number of carboxylic acids is 1. The summed E-state index contributed by atoms with van der Waals surface area (Å²) in [4.78, 5) is 14.6. The third-order valence-corrected chi connectivity index (χ3v) is 2.22.